The fraction of sp³-hybridized carbons (Fsp3) is 0.778. The van der Waals surface area contributed by atoms with Crippen molar-refractivity contribution < 1.29 is 14.9 Å². The number of hydrogen-bond acceptors (Lipinski definition) is 3. The van der Waals surface area contributed by atoms with Gasteiger partial charge in [0.05, 0.1) is 24.4 Å². The lowest BCUT2D eigenvalue weighted by Gasteiger charge is -2.34. The van der Waals surface area contributed by atoms with Gasteiger partial charge in [-0.1, -0.05) is 49.1 Å². The third kappa shape index (κ3) is 5.11. The van der Waals surface area contributed by atoms with Crippen LogP contribution < -0.4 is 0 Å². The van der Waals surface area contributed by atoms with E-state index in [1.54, 1.807) is 5.57 Å². The molecule has 6 atom stereocenters. The van der Waals surface area contributed by atoms with Crippen LogP contribution in [-0.4, -0.2) is 34.6 Å². The molecule has 3 saturated carbocycles. The maximum absolute atomic E-state index is 10.4. The molecular formula is C27H42O3. The van der Waals surface area contributed by atoms with Gasteiger partial charge < -0.3 is 14.9 Å². The van der Waals surface area contributed by atoms with Gasteiger partial charge in [-0.3, -0.25) is 0 Å². The molecule has 0 saturated heterocycles. The predicted octanol–water partition coefficient (Wildman–Crippen LogP) is 5.72. The second-order valence-electron chi connectivity index (χ2n) is 11.1. The normalized spacial score (nSPS) is 37.9. The van der Waals surface area contributed by atoms with Crippen molar-refractivity contribution in [2.24, 2.45) is 23.7 Å². The summed E-state index contributed by atoms with van der Waals surface area (Å²) in [5, 5.41) is 20.4. The van der Waals surface area contributed by atoms with Gasteiger partial charge in [-0.15, -0.1) is 0 Å². The highest BCUT2D eigenvalue weighted by molar-refractivity contribution is 5.31. The van der Waals surface area contributed by atoms with E-state index in [0.29, 0.717) is 6.61 Å². The summed E-state index contributed by atoms with van der Waals surface area (Å²) in [7, 11) is 0. The minimum atomic E-state index is -0.529. The van der Waals surface area contributed by atoms with Gasteiger partial charge in [-0.2, -0.15) is 0 Å². The van der Waals surface area contributed by atoms with Crippen LogP contribution in [0.1, 0.15) is 85.0 Å². The Kier molecular flexibility index (Phi) is 6.91. The van der Waals surface area contributed by atoms with E-state index in [1.807, 2.05) is 13.8 Å². The second-order valence-corrected chi connectivity index (χ2v) is 11.1. The summed E-state index contributed by atoms with van der Waals surface area (Å²) in [5.74, 6) is 3.23. The van der Waals surface area contributed by atoms with E-state index >= 15 is 0 Å². The number of ether oxygens (including phenoxy) is 1. The van der Waals surface area contributed by atoms with Gasteiger partial charge in [0, 0.05) is 0 Å². The molecule has 0 aromatic carbocycles. The zero-order valence-electron chi connectivity index (χ0n) is 19.3. The molecule has 3 fully saturated rings. The van der Waals surface area contributed by atoms with Crippen LogP contribution in [0.5, 0.6) is 0 Å². The molecule has 0 spiro atoms. The molecule has 30 heavy (non-hydrogen) atoms. The lowest BCUT2D eigenvalue weighted by Crippen LogP contribution is -2.27. The first-order valence-electron chi connectivity index (χ1n) is 12.4. The van der Waals surface area contributed by atoms with Crippen molar-refractivity contribution >= 4 is 0 Å². The summed E-state index contributed by atoms with van der Waals surface area (Å²) in [6.45, 7) is 6.96. The van der Waals surface area contributed by atoms with Crippen LogP contribution >= 0.6 is 0 Å². The van der Waals surface area contributed by atoms with Crippen LogP contribution in [0, 0.1) is 23.7 Å². The minimum Gasteiger partial charge on any atom is -0.390 e. The first-order chi connectivity index (χ1) is 14.3. The number of fused-ring (bicyclic) bond motifs is 2. The SMILES string of the molecule is C[C@H](CCCC(C)(C)O)C1CCC2C(=CC=C3C[C@@H](O)C4=CCO[C@@H]4C3)CCCC21. The number of aliphatic hydroxyl groups excluding tert-OH is 1. The molecule has 3 nitrogen and oxygen atoms in total. The summed E-state index contributed by atoms with van der Waals surface area (Å²) in [4.78, 5) is 0. The highest BCUT2D eigenvalue weighted by atomic mass is 16.5. The lowest BCUT2D eigenvalue weighted by molar-refractivity contribution is 0.0651. The van der Waals surface area contributed by atoms with E-state index in [1.165, 1.54) is 44.1 Å². The summed E-state index contributed by atoms with van der Waals surface area (Å²) in [6, 6.07) is 0. The Bertz CT molecular complexity index is 695. The van der Waals surface area contributed by atoms with Gasteiger partial charge in [0.15, 0.2) is 0 Å². The van der Waals surface area contributed by atoms with E-state index in [-0.39, 0.29) is 12.2 Å². The molecule has 1 aliphatic heterocycles. The largest absolute Gasteiger partial charge is 0.390 e. The quantitative estimate of drug-likeness (QED) is 0.546. The Morgan fingerprint density at radius 1 is 1.20 bits per heavy atom. The number of allylic oxidation sites excluding steroid dienone is 3. The molecule has 0 amide bonds. The van der Waals surface area contributed by atoms with Crippen LogP contribution in [0.3, 0.4) is 0 Å². The topological polar surface area (TPSA) is 49.7 Å². The van der Waals surface area contributed by atoms with Gasteiger partial charge in [0.25, 0.3) is 0 Å². The fourth-order valence-corrected chi connectivity index (χ4v) is 6.75. The average molecular weight is 415 g/mol. The molecule has 0 bridgehead atoms. The summed E-state index contributed by atoms with van der Waals surface area (Å²) >= 11 is 0. The third-order valence-corrected chi connectivity index (χ3v) is 8.35. The molecule has 4 aliphatic rings. The zero-order valence-corrected chi connectivity index (χ0v) is 19.3. The van der Waals surface area contributed by atoms with E-state index in [4.69, 9.17) is 4.74 Å². The average Bonchev–Trinajstić information content (AvgIpc) is 3.32. The van der Waals surface area contributed by atoms with Crippen LogP contribution in [-0.2, 0) is 4.74 Å². The third-order valence-electron chi connectivity index (χ3n) is 8.35. The smallest absolute Gasteiger partial charge is 0.0852 e. The monoisotopic (exact) mass is 414 g/mol. The Hall–Kier alpha value is -0.900. The molecule has 168 valence electrons. The van der Waals surface area contributed by atoms with Gasteiger partial charge in [0.2, 0.25) is 0 Å². The molecule has 3 heteroatoms. The molecule has 4 rings (SSSR count). The zero-order chi connectivity index (χ0) is 21.3. The van der Waals surface area contributed by atoms with E-state index in [2.05, 4.69) is 25.2 Å². The Labute approximate surface area is 183 Å². The van der Waals surface area contributed by atoms with Gasteiger partial charge in [-0.25, -0.2) is 0 Å². The Balaban J connectivity index is 1.37. The fourth-order valence-electron chi connectivity index (χ4n) is 6.75. The summed E-state index contributed by atoms with van der Waals surface area (Å²) < 4.78 is 5.78. The highest BCUT2D eigenvalue weighted by Gasteiger charge is 2.41. The van der Waals surface area contributed by atoms with Crippen molar-refractivity contribution in [2.75, 3.05) is 6.61 Å². The van der Waals surface area contributed by atoms with Crippen LogP contribution in [0.25, 0.3) is 0 Å². The maximum Gasteiger partial charge on any atom is 0.0852 e. The molecule has 3 unspecified atom stereocenters. The van der Waals surface area contributed by atoms with Gasteiger partial charge in [0.1, 0.15) is 0 Å². The van der Waals surface area contributed by atoms with E-state index in [9.17, 15) is 10.2 Å². The van der Waals surface area contributed by atoms with E-state index in [0.717, 1.165) is 54.9 Å². The summed E-state index contributed by atoms with van der Waals surface area (Å²) in [6.07, 6.45) is 18.2. The first-order valence-corrected chi connectivity index (χ1v) is 12.4. The number of aliphatic hydroxyl groups is 2. The molecule has 0 aromatic rings. The molecule has 2 N–H and O–H groups in total. The molecule has 3 aliphatic carbocycles. The Morgan fingerprint density at radius 2 is 2.03 bits per heavy atom. The van der Waals surface area contributed by atoms with Crippen LogP contribution in [0.15, 0.2) is 34.9 Å². The first kappa shape index (κ1) is 22.3. The lowest BCUT2D eigenvalue weighted by atomic mass is 9.71. The van der Waals surface area contributed by atoms with Gasteiger partial charge >= 0.3 is 0 Å². The summed E-state index contributed by atoms with van der Waals surface area (Å²) in [5.41, 5.74) is 3.58. The molecule has 0 radical (unpaired) electrons. The predicted molar refractivity (Wildman–Crippen MR) is 122 cm³/mol. The standard InChI is InChI=1S/C27H42O3/c1-18(6-5-14-27(2,3)29)21-11-12-22-20(7-4-8-23(21)22)10-9-19-16-25(28)24-13-15-30-26(24)17-19/h9-10,13,18,21-23,25-26,28-29H,4-8,11-12,14-17H2,1-3H3/t18-,21?,22?,23?,25-,26-/m1/s1. The van der Waals surface area contributed by atoms with Crippen molar-refractivity contribution in [3.8, 4) is 0 Å². The molecule has 1 heterocycles. The van der Waals surface area contributed by atoms with Crippen molar-refractivity contribution in [3.63, 3.8) is 0 Å². The van der Waals surface area contributed by atoms with E-state index < -0.39 is 5.60 Å². The minimum absolute atomic E-state index is 0.109. The Morgan fingerprint density at radius 3 is 2.83 bits per heavy atom. The highest BCUT2D eigenvalue weighted by Crippen LogP contribution is 2.51. The maximum atomic E-state index is 10.4. The molecule has 0 aromatic heterocycles. The van der Waals surface area contributed by atoms with Crippen LogP contribution in [0.2, 0.25) is 0 Å². The second kappa shape index (κ2) is 9.30. The van der Waals surface area contributed by atoms with Crippen molar-refractivity contribution in [2.45, 2.75) is 103 Å². The van der Waals surface area contributed by atoms with Crippen molar-refractivity contribution in [1.82, 2.24) is 0 Å². The van der Waals surface area contributed by atoms with Crippen molar-refractivity contribution in [3.05, 3.63) is 34.9 Å². The van der Waals surface area contributed by atoms with Crippen LogP contribution in [0.4, 0.5) is 0 Å². The number of rotatable bonds is 6. The van der Waals surface area contributed by atoms with Crippen molar-refractivity contribution in [1.29, 1.82) is 0 Å². The number of hydrogen-bond donors (Lipinski definition) is 2. The molecular weight excluding hydrogens is 372 g/mol. The van der Waals surface area contributed by atoms with Gasteiger partial charge in [-0.05, 0) is 94.5 Å².